The fourth-order valence-corrected chi connectivity index (χ4v) is 5.32. The molecule has 4 rings (SSSR count). The molecule has 0 bridgehead atoms. The molecule has 0 N–H and O–H groups in total. The number of rotatable bonds is 8. The van der Waals surface area contributed by atoms with Crippen LogP contribution < -0.4 is 9.05 Å². The number of halogens is 1. The molecule has 0 aliphatic rings. The minimum absolute atomic E-state index is 0.171. The maximum atomic E-state index is 6.70. The van der Waals surface area contributed by atoms with E-state index < -0.39 is 7.73 Å². The van der Waals surface area contributed by atoms with E-state index in [9.17, 15) is 0 Å². The molecular formula is C30H30ClO2P. The van der Waals surface area contributed by atoms with Crippen LogP contribution in [0, 0.1) is 13.8 Å². The summed E-state index contributed by atoms with van der Waals surface area (Å²) in [5, 5.41) is 0. The summed E-state index contributed by atoms with van der Waals surface area (Å²) < 4.78 is 12.5. The summed E-state index contributed by atoms with van der Waals surface area (Å²) in [7, 11) is -1.70. The van der Waals surface area contributed by atoms with E-state index in [1.165, 1.54) is 22.3 Å². The highest BCUT2D eigenvalue weighted by atomic mass is 35.7. The Morgan fingerprint density at radius 2 is 0.971 bits per heavy atom. The lowest BCUT2D eigenvalue weighted by molar-refractivity contribution is 0.498. The average Bonchev–Trinajstić information content (AvgIpc) is 2.86. The second-order valence-corrected chi connectivity index (χ2v) is 10.4. The van der Waals surface area contributed by atoms with Gasteiger partial charge in [-0.25, -0.2) is 0 Å². The minimum atomic E-state index is -1.70. The minimum Gasteiger partial charge on any atom is -0.427 e. The van der Waals surface area contributed by atoms with E-state index in [0.717, 1.165) is 22.6 Å². The van der Waals surface area contributed by atoms with Crippen LogP contribution in [0.15, 0.2) is 97.1 Å². The summed E-state index contributed by atoms with van der Waals surface area (Å²) in [6.45, 7) is 8.56. The monoisotopic (exact) mass is 488 g/mol. The summed E-state index contributed by atoms with van der Waals surface area (Å²) in [4.78, 5) is 0. The van der Waals surface area contributed by atoms with Gasteiger partial charge in [0.1, 0.15) is 11.5 Å². The highest BCUT2D eigenvalue weighted by Gasteiger charge is 2.21. The Morgan fingerprint density at radius 1 is 0.588 bits per heavy atom. The van der Waals surface area contributed by atoms with Crippen LogP contribution in [0.1, 0.15) is 59.1 Å². The zero-order valence-corrected chi connectivity index (χ0v) is 21.7. The highest BCUT2D eigenvalue weighted by molar-refractivity contribution is 7.76. The van der Waals surface area contributed by atoms with Gasteiger partial charge in [-0.1, -0.05) is 110 Å². The molecule has 0 amide bonds. The van der Waals surface area contributed by atoms with Gasteiger partial charge in [0.2, 0.25) is 0 Å². The van der Waals surface area contributed by atoms with Crippen LogP contribution in [-0.2, 0) is 0 Å². The molecule has 4 aromatic rings. The molecule has 0 saturated heterocycles. The molecule has 4 aromatic carbocycles. The quantitative estimate of drug-likeness (QED) is 0.230. The molecule has 2 unspecified atom stereocenters. The highest BCUT2D eigenvalue weighted by Crippen LogP contribution is 2.49. The van der Waals surface area contributed by atoms with E-state index in [2.05, 4.69) is 88.4 Å². The molecule has 0 fully saturated rings. The van der Waals surface area contributed by atoms with E-state index in [1.807, 2.05) is 36.4 Å². The third-order valence-electron chi connectivity index (χ3n) is 6.20. The molecule has 34 heavy (non-hydrogen) atoms. The summed E-state index contributed by atoms with van der Waals surface area (Å²) in [6, 6.07) is 33.3. The van der Waals surface area contributed by atoms with Crippen LogP contribution in [-0.4, -0.2) is 0 Å². The van der Waals surface area contributed by atoms with E-state index in [0.29, 0.717) is 0 Å². The summed E-state index contributed by atoms with van der Waals surface area (Å²) in [5.74, 6) is 1.86. The first kappa shape index (κ1) is 24.3. The Hall–Kier alpha value is -2.80. The van der Waals surface area contributed by atoms with Gasteiger partial charge in [-0.2, -0.15) is 0 Å². The van der Waals surface area contributed by atoms with Gasteiger partial charge in [-0.15, -0.1) is 0 Å². The number of aryl methyl sites for hydroxylation is 2. The number of hydrogen-bond donors (Lipinski definition) is 0. The van der Waals surface area contributed by atoms with Crippen LogP contribution in [0.2, 0.25) is 0 Å². The molecule has 0 heterocycles. The zero-order chi connectivity index (χ0) is 24.1. The van der Waals surface area contributed by atoms with Crippen molar-refractivity contribution in [3.8, 4) is 11.5 Å². The van der Waals surface area contributed by atoms with Crippen molar-refractivity contribution in [1.82, 2.24) is 0 Å². The van der Waals surface area contributed by atoms with E-state index in [-0.39, 0.29) is 11.8 Å². The standard InChI is InChI=1S/C30H30ClO2P/c1-21-15-17-29(27(19-21)23(3)25-11-7-5-8-12-25)32-34(31)33-30-18-16-22(2)20-28(30)24(4)26-13-9-6-10-14-26/h5-20,23-24H,1-4H3. The number of benzene rings is 4. The predicted octanol–water partition coefficient (Wildman–Crippen LogP) is 9.53. The van der Waals surface area contributed by atoms with Gasteiger partial charge in [-0.3, -0.25) is 0 Å². The van der Waals surface area contributed by atoms with Gasteiger partial charge in [0.05, 0.1) is 0 Å². The first-order chi connectivity index (χ1) is 16.4. The van der Waals surface area contributed by atoms with Crippen LogP contribution in [0.5, 0.6) is 11.5 Å². The summed E-state index contributed by atoms with van der Waals surface area (Å²) in [6.07, 6.45) is 0. The SMILES string of the molecule is Cc1ccc(OP(Cl)Oc2ccc(C)cc2C(C)c2ccccc2)c(C(C)c2ccccc2)c1. The third-order valence-corrected chi connectivity index (χ3v) is 7.30. The van der Waals surface area contributed by atoms with Gasteiger partial charge in [0.15, 0.2) is 0 Å². The topological polar surface area (TPSA) is 18.5 Å². The lowest BCUT2D eigenvalue weighted by atomic mass is 9.91. The molecule has 2 atom stereocenters. The zero-order valence-electron chi connectivity index (χ0n) is 20.0. The molecule has 0 aromatic heterocycles. The van der Waals surface area contributed by atoms with Crippen molar-refractivity contribution in [2.75, 3.05) is 0 Å². The van der Waals surface area contributed by atoms with E-state index >= 15 is 0 Å². The summed E-state index contributed by atoms with van der Waals surface area (Å²) >= 11 is 6.70. The van der Waals surface area contributed by atoms with Crippen molar-refractivity contribution >= 4 is 19.0 Å². The fraction of sp³-hybridized carbons (Fsp3) is 0.200. The van der Waals surface area contributed by atoms with Crippen molar-refractivity contribution < 1.29 is 9.05 Å². The first-order valence-corrected chi connectivity index (χ1v) is 13.6. The smallest absolute Gasteiger partial charge is 0.401 e. The Balaban J connectivity index is 1.58. The molecule has 0 aliphatic carbocycles. The maximum Gasteiger partial charge on any atom is 0.401 e. The molecule has 2 nitrogen and oxygen atoms in total. The molecule has 0 spiro atoms. The van der Waals surface area contributed by atoms with Crippen LogP contribution in [0.25, 0.3) is 0 Å². The summed E-state index contributed by atoms with van der Waals surface area (Å²) in [5.41, 5.74) is 7.03. The van der Waals surface area contributed by atoms with Gasteiger partial charge < -0.3 is 9.05 Å². The lowest BCUT2D eigenvalue weighted by Gasteiger charge is -2.22. The molecule has 4 heteroatoms. The van der Waals surface area contributed by atoms with Crippen molar-refractivity contribution in [1.29, 1.82) is 0 Å². The maximum absolute atomic E-state index is 6.70. The van der Waals surface area contributed by atoms with Crippen LogP contribution >= 0.6 is 19.0 Å². The van der Waals surface area contributed by atoms with Crippen molar-refractivity contribution in [3.05, 3.63) is 130 Å². The third kappa shape index (κ3) is 5.81. The van der Waals surface area contributed by atoms with Crippen molar-refractivity contribution in [2.45, 2.75) is 39.5 Å². The Kier molecular flexibility index (Phi) is 7.93. The van der Waals surface area contributed by atoms with Crippen LogP contribution in [0.3, 0.4) is 0 Å². The molecule has 0 saturated carbocycles. The first-order valence-electron chi connectivity index (χ1n) is 11.5. The van der Waals surface area contributed by atoms with Gasteiger partial charge in [0, 0.05) is 23.0 Å². The normalized spacial score (nSPS) is 13.7. The Labute approximate surface area is 209 Å². The van der Waals surface area contributed by atoms with Gasteiger partial charge in [-0.05, 0) is 48.3 Å². The second kappa shape index (κ2) is 11.1. The molecule has 0 aliphatic heterocycles. The molecule has 0 radical (unpaired) electrons. The number of hydrogen-bond acceptors (Lipinski definition) is 2. The van der Waals surface area contributed by atoms with E-state index in [4.69, 9.17) is 20.3 Å². The molecular weight excluding hydrogens is 459 g/mol. The Morgan fingerprint density at radius 3 is 1.35 bits per heavy atom. The lowest BCUT2D eigenvalue weighted by Crippen LogP contribution is -2.03. The Bertz CT molecular complexity index is 1130. The largest absolute Gasteiger partial charge is 0.427 e. The predicted molar refractivity (Wildman–Crippen MR) is 144 cm³/mol. The average molecular weight is 489 g/mol. The van der Waals surface area contributed by atoms with E-state index in [1.54, 1.807) is 0 Å². The van der Waals surface area contributed by atoms with Crippen molar-refractivity contribution in [2.24, 2.45) is 0 Å². The van der Waals surface area contributed by atoms with Crippen molar-refractivity contribution in [3.63, 3.8) is 0 Å². The second-order valence-electron chi connectivity index (χ2n) is 8.74. The van der Waals surface area contributed by atoms with Gasteiger partial charge >= 0.3 is 7.73 Å². The molecule has 174 valence electrons. The van der Waals surface area contributed by atoms with Crippen LogP contribution in [0.4, 0.5) is 0 Å². The van der Waals surface area contributed by atoms with Gasteiger partial charge in [0.25, 0.3) is 0 Å². The fourth-order valence-electron chi connectivity index (χ4n) is 4.19.